The van der Waals surface area contributed by atoms with E-state index in [0.717, 1.165) is 5.56 Å². The molecular formula is C15H12ClFO3. The van der Waals surface area contributed by atoms with E-state index >= 15 is 0 Å². The molecule has 0 unspecified atom stereocenters. The van der Waals surface area contributed by atoms with Crippen LogP contribution in [0.1, 0.15) is 15.9 Å². The Hall–Kier alpha value is -2.07. The van der Waals surface area contributed by atoms with Crippen molar-refractivity contribution in [2.24, 2.45) is 0 Å². The van der Waals surface area contributed by atoms with Crippen LogP contribution in [0, 0.1) is 5.82 Å². The standard InChI is InChI=1S/C15H12ClFO3/c1-19-15(18)11-4-2-10(3-5-11)9-20-12-6-7-14(17)13(16)8-12/h2-8H,9H2,1H3. The van der Waals surface area contributed by atoms with E-state index in [0.29, 0.717) is 17.9 Å². The molecular weight excluding hydrogens is 283 g/mol. The van der Waals surface area contributed by atoms with Gasteiger partial charge in [-0.25, -0.2) is 9.18 Å². The van der Waals surface area contributed by atoms with E-state index in [9.17, 15) is 9.18 Å². The van der Waals surface area contributed by atoms with Gasteiger partial charge < -0.3 is 9.47 Å². The second kappa shape index (κ2) is 6.39. The molecule has 3 nitrogen and oxygen atoms in total. The Morgan fingerprint density at radius 3 is 2.50 bits per heavy atom. The van der Waals surface area contributed by atoms with E-state index in [1.165, 1.54) is 25.3 Å². The number of esters is 1. The van der Waals surface area contributed by atoms with Crippen molar-refractivity contribution in [3.63, 3.8) is 0 Å². The summed E-state index contributed by atoms with van der Waals surface area (Å²) in [7, 11) is 1.33. The molecule has 0 heterocycles. The van der Waals surface area contributed by atoms with Crippen LogP contribution >= 0.6 is 11.6 Å². The number of methoxy groups -OCH3 is 1. The lowest BCUT2D eigenvalue weighted by atomic mass is 10.1. The maximum Gasteiger partial charge on any atom is 0.337 e. The Labute approximate surface area is 120 Å². The van der Waals surface area contributed by atoms with E-state index in [-0.39, 0.29) is 11.0 Å². The number of carbonyl (C=O) groups excluding carboxylic acids is 1. The van der Waals surface area contributed by atoms with Crippen molar-refractivity contribution in [3.8, 4) is 5.75 Å². The van der Waals surface area contributed by atoms with Gasteiger partial charge in [-0.1, -0.05) is 23.7 Å². The minimum atomic E-state index is -0.485. The smallest absolute Gasteiger partial charge is 0.337 e. The molecule has 0 radical (unpaired) electrons. The number of rotatable bonds is 4. The van der Waals surface area contributed by atoms with Crippen molar-refractivity contribution >= 4 is 17.6 Å². The average molecular weight is 295 g/mol. The summed E-state index contributed by atoms with van der Waals surface area (Å²) in [5, 5.41) is 0.0172. The van der Waals surface area contributed by atoms with E-state index < -0.39 is 5.82 Å². The highest BCUT2D eigenvalue weighted by atomic mass is 35.5. The minimum Gasteiger partial charge on any atom is -0.489 e. The molecule has 0 spiro atoms. The summed E-state index contributed by atoms with van der Waals surface area (Å²) in [6, 6.07) is 11.0. The number of carbonyl (C=O) groups is 1. The predicted octanol–water partition coefficient (Wildman–Crippen LogP) is 3.84. The molecule has 2 aromatic rings. The van der Waals surface area contributed by atoms with Gasteiger partial charge in [-0.2, -0.15) is 0 Å². The third kappa shape index (κ3) is 3.48. The van der Waals surface area contributed by atoms with Crippen LogP contribution in [0.3, 0.4) is 0 Å². The first-order chi connectivity index (χ1) is 9.60. The van der Waals surface area contributed by atoms with Crippen LogP contribution in [0.15, 0.2) is 42.5 Å². The highest BCUT2D eigenvalue weighted by Gasteiger charge is 2.05. The number of halogens is 2. The Morgan fingerprint density at radius 1 is 1.20 bits per heavy atom. The molecule has 2 rings (SSSR count). The molecule has 104 valence electrons. The van der Waals surface area contributed by atoms with Crippen LogP contribution < -0.4 is 4.74 Å². The lowest BCUT2D eigenvalue weighted by Gasteiger charge is -2.07. The SMILES string of the molecule is COC(=O)c1ccc(COc2ccc(F)c(Cl)c2)cc1. The maximum atomic E-state index is 13.0. The van der Waals surface area contributed by atoms with Gasteiger partial charge in [0, 0.05) is 6.07 Å². The molecule has 0 saturated carbocycles. The molecule has 5 heteroatoms. The second-order valence-corrected chi connectivity index (χ2v) is 4.46. The van der Waals surface area contributed by atoms with Crippen LogP contribution in [-0.2, 0) is 11.3 Å². The van der Waals surface area contributed by atoms with Crippen LogP contribution in [-0.4, -0.2) is 13.1 Å². The molecule has 0 aromatic heterocycles. The molecule has 0 aliphatic carbocycles. The van der Waals surface area contributed by atoms with Gasteiger partial charge in [0.25, 0.3) is 0 Å². The van der Waals surface area contributed by atoms with E-state index in [1.807, 2.05) is 0 Å². The van der Waals surface area contributed by atoms with Crippen molar-refractivity contribution < 1.29 is 18.7 Å². The third-order valence-electron chi connectivity index (χ3n) is 2.67. The first kappa shape index (κ1) is 14.3. The zero-order chi connectivity index (χ0) is 14.5. The first-order valence-corrected chi connectivity index (χ1v) is 6.23. The number of hydrogen-bond donors (Lipinski definition) is 0. The molecule has 0 saturated heterocycles. The minimum absolute atomic E-state index is 0.0172. The number of hydrogen-bond acceptors (Lipinski definition) is 3. The van der Waals surface area contributed by atoms with Crippen molar-refractivity contribution in [3.05, 3.63) is 64.4 Å². The summed E-state index contributed by atoms with van der Waals surface area (Å²) in [4.78, 5) is 11.3. The van der Waals surface area contributed by atoms with Gasteiger partial charge >= 0.3 is 5.97 Å². The molecule has 0 atom stereocenters. The van der Waals surface area contributed by atoms with Gasteiger partial charge in [0.1, 0.15) is 18.2 Å². The lowest BCUT2D eigenvalue weighted by Crippen LogP contribution is -2.02. The molecule has 0 aliphatic rings. The molecule has 0 fully saturated rings. The molecule has 0 N–H and O–H groups in total. The maximum absolute atomic E-state index is 13.0. The fourth-order valence-corrected chi connectivity index (χ4v) is 1.76. The van der Waals surface area contributed by atoms with Crippen molar-refractivity contribution in [2.45, 2.75) is 6.61 Å². The van der Waals surface area contributed by atoms with E-state index in [4.69, 9.17) is 16.3 Å². The summed E-state index contributed by atoms with van der Waals surface area (Å²) in [5.74, 6) is -0.391. The van der Waals surface area contributed by atoms with Crippen LogP contribution in [0.25, 0.3) is 0 Å². The summed E-state index contributed by atoms with van der Waals surface area (Å²) in [6.45, 7) is 0.295. The van der Waals surface area contributed by atoms with Crippen molar-refractivity contribution in [1.82, 2.24) is 0 Å². The van der Waals surface area contributed by atoms with Crippen LogP contribution in [0.5, 0.6) is 5.75 Å². The van der Waals surface area contributed by atoms with E-state index in [1.54, 1.807) is 24.3 Å². The van der Waals surface area contributed by atoms with Gasteiger partial charge in [-0.05, 0) is 29.8 Å². The zero-order valence-electron chi connectivity index (χ0n) is 10.7. The molecule has 0 bridgehead atoms. The van der Waals surface area contributed by atoms with Crippen LogP contribution in [0.4, 0.5) is 4.39 Å². The zero-order valence-corrected chi connectivity index (χ0v) is 11.5. The largest absolute Gasteiger partial charge is 0.489 e. The summed E-state index contributed by atoms with van der Waals surface area (Å²) < 4.78 is 23.1. The average Bonchev–Trinajstić information content (AvgIpc) is 2.48. The molecule has 0 amide bonds. The monoisotopic (exact) mass is 294 g/mol. The van der Waals surface area contributed by atoms with Gasteiger partial charge in [-0.15, -0.1) is 0 Å². The number of benzene rings is 2. The Morgan fingerprint density at radius 2 is 1.90 bits per heavy atom. The highest BCUT2D eigenvalue weighted by molar-refractivity contribution is 6.30. The van der Waals surface area contributed by atoms with Gasteiger partial charge in [-0.3, -0.25) is 0 Å². The van der Waals surface area contributed by atoms with Crippen molar-refractivity contribution in [2.75, 3.05) is 7.11 Å². The Bertz CT molecular complexity index is 611. The Balaban J connectivity index is 2.00. The molecule has 20 heavy (non-hydrogen) atoms. The second-order valence-electron chi connectivity index (χ2n) is 4.05. The number of ether oxygens (including phenoxy) is 2. The van der Waals surface area contributed by atoms with Gasteiger partial charge in [0.05, 0.1) is 17.7 Å². The highest BCUT2D eigenvalue weighted by Crippen LogP contribution is 2.22. The molecule has 2 aromatic carbocycles. The molecule has 0 aliphatic heterocycles. The fourth-order valence-electron chi connectivity index (χ4n) is 1.59. The Kier molecular flexibility index (Phi) is 4.58. The summed E-state index contributed by atoms with van der Waals surface area (Å²) in [6.07, 6.45) is 0. The summed E-state index contributed by atoms with van der Waals surface area (Å²) >= 11 is 5.66. The lowest BCUT2D eigenvalue weighted by molar-refractivity contribution is 0.0600. The quantitative estimate of drug-likeness (QED) is 0.804. The fraction of sp³-hybridized carbons (Fsp3) is 0.133. The third-order valence-corrected chi connectivity index (χ3v) is 2.96. The normalized spacial score (nSPS) is 10.2. The topological polar surface area (TPSA) is 35.5 Å². The van der Waals surface area contributed by atoms with Crippen LogP contribution in [0.2, 0.25) is 5.02 Å². The summed E-state index contributed by atoms with van der Waals surface area (Å²) in [5.41, 5.74) is 1.35. The van der Waals surface area contributed by atoms with E-state index in [2.05, 4.69) is 4.74 Å². The van der Waals surface area contributed by atoms with Gasteiger partial charge in [0.2, 0.25) is 0 Å². The van der Waals surface area contributed by atoms with Gasteiger partial charge in [0.15, 0.2) is 0 Å². The predicted molar refractivity (Wildman–Crippen MR) is 73.5 cm³/mol. The first-order valence-electron chi connectivity index (χ1n) is 5.85. The van der Waals surface area contributed by atoms with Crippen molar-refractivity contribution in [1.29, 1.82) is 0 Å².